The Morgan fingerprint density at radius 2 is 1.95 bits per heavy atom. The highest BCUT2D eigenvalue weighted by Gasteiger charge is 2.21. The Morgan fingerprint density at radius 1 is 1.23 bits per heavy atom. The van der Waals surface area contributed by atoms with Crippen LogP contribution < -0.4 is 11.1 Å². The number of fused-ring (bicyclic) bond motifs is 1. The molecule has 3 N–H and O–H groups in total. The van der Waals surface area contributed by atoms with Gasteiger partial charge >= 0.3 is 0 Å². The van der Waals surface area contributed by atoms with Crippen LogP contribution in [0.2, 0.25) is 5.02 Å². The molecule has 0 aliphatic rings. The lowest BCUT2D eigenvalue weighted by Gasteiger charge is -2.06. The third-order valence-electron chi connectivity index (χ3n) is 3.31. The maximum Gasteiger partial charge on any atom is 0.274 e. The highest BCUT2D eigenvalue weighted by atomic mass is 35.5. The molecule has 0 aliphatic carbocycles. The first-order valence-electron chi connectivity index (χ1n) is 6.47. The first-order valence-corrected chi connectivity index (χ1v) is 6.85. The summed E-state index contributed by atoms with van der Waals surface area (Å²) < 4.78 is 1.61. The van der Waals surface area contributed by atoms with Crippen molar-refractivity contribution in [3.8, 4) is 6.07 Å². The predicted molar refractivity (Wildman–Crippen MR) is 85.9 cm³/mol. The lowest BCUT2D eigenvalue weighted by Crippen LogP contribution is -2.16. The Morgan fingerprint density at radius 3 is 2.64 bits per heavy atom. The number of anilines is 2. The number of nitrogen functional groups attached to an aromatic ring is 1. The normalized spacial score (nSPS) is 10.4. The number of rotatable bonds is 2. The average Bonchev–Trinajstić information content (AvgIpc) is 2.81. The minimum Gasteiger partial charge on any atom is -0.396 e. The Bertz CT molecular complexity index is 906. The van der Waals surface area contributed by atoms with E-state index in [0.29, 0.717) is 21.8 Å². The minimum atomic E-state index is -0.387. The van der Waals surface area contributed by atoms with Gasteiger partial charge in [0, 0.05) is 16.9 Å². The fraction of sp³-hybridized carbons (Fsp3) is 0. The molecule has 0 unspecified atom stereocenters. The third kappa shape index (κ3) is 2.26. The summed E-state index contributed by atoms with van der Waals surface area (Å²) in [6, 6.07) is 14.1. The topological polar surface area (TPSA) is 83.3 Å². The van der Waals surface area contributed by atoms with Crippen molar-refractivity contribution < 1.29 is 4.79 Å². The van der Waals surface area contributed by atoms with E-state index >= 15 is 0 Å². The number of nitriles is 1. The van der Waals surface area contributed by atoms with Crippen LogP contribution in [0.1, 0.15) is 16.1 Å². The number of carbonyl (C=O) groups is 1. The molecule has 1 aromatic carbocycles. The molecule has 0 saturated heterocycles. The van der Waals surface area contributed by atoms with Gasteiger partial charge in [-0.25, -0.2) is 0 Å². The molecule has 0 fully saturated rings. The maximum absolute atomic E-state index is 12.5. The Balaban J connectivity index is 2.06. The molecular formula is C16H11ClN4O. The zero-order valence-corrected chi connectivity index (χ0v) is 12.1. The maximum atomic E-state index is 12.5. The van der Waals surface area contributed by atoms with Crippen LogP contribution in [0, 0.1) is 11.3 Å². The first kappa shape index (κ1) is 14.0. The van der Waals surface area contributed by atoms with Gasteiger partial charge in [0.05, 0.1) is 11.2 Å². The number of amides is 1. The number of nitrogens with zero attached hydrogens (tertiary/aromatic N) is 2. The van der Waals surface area contributed by atoms with Crippen molar-refractivity contribution >= 4 is 34.4 Å². The van der Waals surface area contributed by atoms with Crippen molar-refractivity contribution in [2.45, 2.75) is 0 Å². The highest BCUT2D eigenvalue weighted by Crippen LogP contribution is 2.26. The van der Waals surface area contributed by atoms with Crippen LogP contribution in [-0.2, 0) is 0 Å². The fourth-order valence-corrected chi connectivity index (χ4v) is 2.43. The molecule has 2 heterocycles. The zero-order chi connectivity index (χ0) is 15.7. The summed E-state index contributed by atoms with van der Waals surface area (Å²) in [4.78, 5) is 12.5. The standard InChI is InChI=1S/C16H11ClN4O/c17-10-4-6-11(7-5-10)20-16(22)15-14(19)12(9-18)13-3-1-2-8-21(13)15/h1-8H,19H2,(H,20,22). The van der Waals surface area contributed by atoms with E-state index in [-0.39, 0.29) is 17.3 Å². The molecule has 108 valence electrons. The summed E-state index contributed by atoms with van der Waals surface area (Å²) in [5.74, 6) is -0.387. The van der Waals surface area contributed by atoms with Crippen LogP contribution in [0.3, 0.4) is 0 Å². The van der Waals surface area contributed by atoms with Gasteiger partial charge in [0.1, 0.15) is 17.3 Å². The first-order chi connectivity index (χ1) is 10.6. The molecule has 1 amide bonds. The molecule has 0 radical (unpaired) electrons. The van der Waals surface area contributed by atoms with Crippen molar-refractivity contribution in [2.75, 3.05) is 11.1 Å². The second-order valence-corrected chi connectivity index (χ2v) is 5.10. The molecule has 0 atom stereocenters. The molecule has 0 saturated carbocycles. The summed E-state index contributed by atoms with van der Waals surface area (Å²) in [5.41, 5.74) is 7.87. The van der Waals surface area contributed by atoms with E-state index in [4.69, 9.17) is 17.3 Å². The summed E-state index contributed by atoms with van der Waals surface area (Å²) in [5, 5.41) is 12.6. The molecule has 0 aliphatic heterocycles. The number of halogens is 1. The largest absolute Gasteiger partial charge is 0.396 e. The molecule has 0 spiro atoms. The van der Waals surface area contributed by atoms with Crippen molar-refractivity contribution in [3.05, 3.63) is 64.9 Å². The fourth-order valence-electron chi connectivity index (χ4n) is 2.30. The molecule has 3 aromatic rings. The van der Waals surface area contributed by atoms with Gasteiger partial charge in [-0.3, -0.25) is 4.79 Å². The number of benzene rings is 1. The summed E-state index contributed by atoms with van der Waals surface area (Å²) in [7, 11) is 0. The zero-order valence-electron chi connectivity index (χ0n) is 11.4. The van der Waals surface area contributed by atoms with Gasteiger partial charge in [-0.05, 0) is 36.4 Å². The lowest BCUT2D eigenvalue weighted by atomic mass is 10.2. The highest BCUT2D eigenvalue weighted by molar-refractivity contribution is 6.30. The van der Waals surface area contributed by atoms with E-state index in [0.717, 1.165) is 0 Å². The van der Waals surface area contributed by atoms with Crippen molar-refractivity contribution in [3.63, 3.8) is 0 Å². The molecule has 3 rings (SSSR count). The molecule has 5 nitrogen and oxygen atoms in total. The Hall–Kier alpha value is -2.97. The van der Waals surface area contributed by atoms with Crippen LogP contribution in [0.15, 0.2) is 48.7 Å². The van der Waals surface area contributed by atoms with Crippen molar-refractivity contribution in [1.29, 1.82) is 5.26 Å². The third-order valence-corrected chi connectivity index (χ3v) is 3.56. The van der Waals surface area contributed by atoms with Crippen molar-refractivity contribution in [2.24, 2.45) is 0 Å². The Kier molecular flexibility index (Phi) is 3.45. The van der Waals surface area contributed by atoms with E-state index in [9.17, 15) is 10.1 Å². The quantitative estimate of drug-likeness (QED) is 0.761. The van der Waals surface area contributed by atoms with Gasteiger partial charge in [-0.15, -0.1) is 0 Å². The predicted octanol–water partition coefficient (Wildman–Crippen LogP) is 3.30. The molecule has 2 aromatic heterocycles. The number of pyridine rings is 1. The Labute approximate surface area is 131 Å². The average molecular weight is 311 g/mol. The van der Waals surface area contributed by atoms with E-state index in [1.165, 1.54) is 0 Å². The van der Waals surface area contributed by atoms with Crippen LogP contribution in [0.25, 0.3) is 5.52 Å². The van der Waals surface area contributed by atoms with Gasteiger partial charge in [-0.2, -0.15) is 5.26 Å². The number of aromatic nitrogens is 1. The van der Waals surface area contributed by atoms with Crippen LogP contribution in [0.4, 0.5) is 11.4 Å². The smallest absolute Gasteiger partial charge is 0.274 e. The minimum absolute atomic E-state index is 0.167. The van der Waals surface area contributed by atoms with Crippen molar-refractivity contribution in [1.82, 2.24) is 4.40 Å². The number of carbonyl (C=O) groups excluding carboxylic acids is 1. The summed E-state index contributed by atoms with van der Waals surface area (Å²) in [6.45, 7) is 0. The number of hydrogen-bond acceptors (Lipinski definition) is 3. The molecular weight excluding hydrogens is 300 g/mol. The SMILES string of the molecule is N#Cc1c(N)c(C(=O)Nc2ccc(Cl)cc2)n2ccccc12. The molecule has 6 heteroatoms. The molecule has 22 heavy (non-hydrogen) atoms. The second-order valence-electron chi connectivity index (χ2n) is 4.67. The van der Waals surface area contributed by atoms with E-state index < -0.39 is 0 Å². The number of hydrogen-bond donors (Lipinski definition) is 2. The van der Waals surface area contributed by atoms with Crippen LogP contribution in [-0.4, -0.2) is 10.3 Å². The van der Waals surface area contributed by atoms with Gasteiger partial charge < -0.3 is 15.5 Å². The van der Waals surface area contributed by atoms with Crippen LogP contribution >= 0.6 is 11.6 Å². The van der Waals surface area contributed by atoms with E-state index in [2.05, 4.69) is 5.32 Å². The summed E-state index contributed by atoms with van der Waals surface area (Å²) >= 11 is 5.82. The van der Waals surface area contributed by atoms with Gasteiger partial charge in [-0.1, -0.05) is 17.7 Å². The molecule has 0 bridgehead atoms. The van der Waals surface area contributed by atoms with E-state index in [1.54, 1.807) is 53.1 Å². The number of nitrogens with one attached hydrogen (secondary N) is 1. The van der Waals surface area contributed by atoms with Gasteiger partial charge in [0.15, 0.2) is 0 Å². The number of nitrogens with two attached hydrogens (primary N) is 1. The second kappa shape index (κ2) is 5.43. The van der Waals surface area contributed by atoms with Gasteiger partial charge in [0.25, 0.3) is 5.91 Å². The summed E-state index contributed by atoms with van der Waals surface area (Å²) in [6.07, 6.45) is 1.70. The monoisotopic (exact) mass is 310 g/mol. The lowest BCUT2D eigenvalue weighted by molar-refractivity contribution is 0.102. The van der Waals surface area contributed by atoms with E-state index in [1.807, 2.05) is 6.07 Å². The van der Waals surface area contributed by atoms with Gasteiger partial charge in [0.2, 0.25) is 0 Å². The van der Waals surface area contributed by atoms with Crippen LogP contribution in [0.5, 0.6) is 0 Å².